The van der Waals surface area contributed by atoms with Gasteiger partial charge < -0.3 is 10.1 Å². The molecule has 1 aromatic heterocycles. The molecule has 0 amide bonds. The molecule has 7 heteroatoms. The van der Waals surface area contributed by atoms with Crippen LogP contribution in [0.3, 0.4) is 0 Å². The number of benzene rings is 1. The molecular weight excluding hydrogens is 291 g/mol. The highest BCUT2D eigenvalue weighted by Gasteiger charge is 2.17. The van der Waals surface area contributed by atoms with E-state index in [0.29, 0.717) is 10.7 Å². The standard InChI is InChI=1S/C12H10ClFN2O2S/c1-2-18-12(17)10-11(19-6-15-10)16-9-4-3-7(14)5-8(9)13/h3-6,16H,2H2,1H3. The second-order valence-electron chi connectivity index (χ2n) is 3.50. The Kier molecular flexibility index (Phi) is 4.34. The molecule has 19 heavy (non-hydrogen) atoms. The number of hydrogen-bond donors (Lipinski definition) is 1. The highest BCUT2D eigenvalue weighted by molar-refractivity contribution is 7.14. The largest absolute Gasteiger partial charge is 0.461 e. The van der Waals surface area contributed by atoms with Gasteiger partial charge in [0.15, 0.2) is 5.69 Å². The van der Waals surface area contributed by atoms with E-state index >= 15 is 0 Å². The molecule has 0 spiro atoms. The maximum Gasteiger partial charge on any atom is 0.360 e. The first kappa shape index (κ1) is 13.8. The number of ether oxygens (including phenoxy) is 1. The van der Waals surface area contributed by atoms with Crippen LogP contribution in [0, 0.1) is 5.82 Å². The van der Waals surface area contributed by atoms with Crippen molar-refractivity contribution in [1.29, 1.82) is 0 Å². The highest BCUT2D eigenvalue weighted by atomic mass is 35.5. The lowest BCUT2D eigenvalue weighted by atomic mass is 10.3. The van der Waals surface area contributed by atoms with Gasteiger partial charge in [0.1, 0.15) is 10.8 Å². The monoisotopic (exact) mass is 300 g/mol. The van der Waals surface area contributed by atoms with Gasteiger partial charge in [0, 0.05) is 0 Å². The Morgan fingerprint density at radius 3 is 3.05 bits per heavy atom. The zero-order chi connectivity index (χ0) is 13.8. The normalized spacial score (nSPS) is 10.3. The van der Waals surface area contributed by atoms with Gasteiger partial charge in [-0.15, -0.1) is 11.3 Å². The van der Waals surface area contributed by atoms with Gasteiger partial charge in [-0.3, -0.25) is 0 Å². The minimum atomic E-state index is -0.510. The lowest BCUT2D eigenvalue weighted by molar-refractivity contribution is 0.0521. The number of halogens is 2. The van der Waals surface area contributed by atoms with E-state index in [9.17, 15) is 9.18 Å². The number of hydrogen-bond acceptors (Lipinski definition) is 5. The van der Waals surface area contributed by atoms with Crippen molar-refractivity contribution >= 4 is 39.6 Å². The minimum absolute atomic E-state index is 0.187. The maximum absolute atomic E-state index is 12.9. The third-order valence-corrected chi connectivity index (χ3v) is 3.27. The second kappa shape index (κ2) is 5.99. The smallest absolute Gasteiger partial charge is 0.360 e. The van der Waals surface area contributed by atoms with Crippen LogP contribution in [-0.2, 0) is 4.74 Å². The first-order chi connectivity index (χ1) is 9.11. The number of nitrogens with zero attached hydrogens (tertiary/aromatic N) is 1. The molecule has 1 heterocycles. The predicted octanol–water partition coefficient (Wildman–Crippen LogP) is 3.86. The summed E-state index contributed by atoms with van der Waals surface area (Å²) in [5.74, 6) is -0.935. The van der Waals surface area contributed by atoms with Crippen molar-refractivity contribution in [2.75, 3.05) is 11.9 Å². The van der Waals surface area contributed by atoms with Crippen LogP contribution in [0.2, 0.25) is 5.02 Å². The Bertz CT molecular complexity index is 603. The molecule has 0 aliphatic rings. The van der Waals surface area contributed by atoms with E-state index in [-0.39, 0.29) is 17.3 Å². The molecular formula is C12H10ClFN2O2S. The molecule has 0 radical (unpaired) electrons. The second-order valence-corrected chi connectivity index (χ2v) is 4.76. The van der Waals surface area contributed by atoms with Crippen LogP contribution in [0.25, 0.3) is 0 Å². The van der Waals surface area contributed by atoms with Gasteiger partial charge in [0.05, 0.1) is 22.8 Å². The lowest BCUT2D eigenvalue weighted by Gasteiger charge is -2.07. The van der Waals surface area contributed by atoms with Gasteiger partial charge in [-0.1, -0.05) is 11.6 Å². The molecule has 0 saturated heterocycles. The van der Waals surface area contributed by atoms with Gasteiger partial charge in [-0.2, -0.15) is 0 Å². The molecule has 0 atom stereocenters. The Labute approximate surface area is 118 Å². The van der Waals surface area contributed by atoms with Gasteiger partial charge in [0.25, 0.3) is 0 Å². The fourth-order valence-corrected chi connectivity index (χ4v) is 2.29. The summed E-state index contributed by atoms with van der Waals surface area (Å²) in [6.45, 7) is 1.99. The fourth-order valence-electron chi connectivity index (χ4n) is 1.39. The van der Waals surface area contributed by atoms with E-state index in [1.54, 1.807) is 6.92 Å². The number of anilines is 2. The van der Waals surface area contributed by atoms with Crippen molar-refractivity contribution in [3.8, 4) is 0 Å². The van der Waals surface area contributed by atoms with E-state index in [2.05, 4.69) is 10.3 Å². The SMILES string of the molecule is CCOC(=O)c1ncsc1Nc1ccc(F)cc1Cl. The molecule has 4 nitrogen and oxygen atoms in total. The van der Waals surface area contributed by atoms with E-state index in [1.165, 1.54) is 35.0 Å². The number of rotatable bonds is 4. The number of esters is 1. The molecule has 0 bridgehead atoms. The predicted molar refractivity (Wildman–Crippen MR) is 72.8 cm³/mol. The quantitative estimate of drug-likeness (QED) is 0.871. The average Bonchev–Trinajstić information content (AvgIpc) is 2.81. The molecule has 1 N–H and O–H groups in total. The summed E-state index contributed by atoms with van der Waals surface area (Å²) < 4.78 is 17.8. The van der Waals surface area contributed by atoms with E-state index < -0.39 is 11.8 Å². The summed E-state index contributed by atoms with van der Waals surface area (Å²) in [6, 6.07) is 3.96. The third kappa shape index (κ3) is 3.21. The summed E-state index contributed by atoms with van der Waals surface area (Å²) in [4.78, 5) is 15.6. The summed E-state index contributed by atoms with van der Waals surface area (Å²) in [5, 5.41) is 3.68. The summed E-state index contributed by atoms with van der Waals surface area (Å²) in [5.41, 5.74) is 2.21. The molecule has 2 aromatic rings. The van der Waals surface area contributed by atoms with Gasteiger partial charge >= 0.3 is 5.97 Å². The number of aromatic nitrogens is 1. The third-order valence-electron chi connectivity index (χ3n) is 2.22. The Hall–Kier alpha value is -1.66. The Balaban J connectivity index is 2.24. The first-order valence-electron chi connectivity index (χ1n) is 5.44. The highest BCUT2D eigenvalue weighted by Crippen LogP contribution is 2.30. The van der Waals surface area contributed by atoms with Crippen molar-refractivity contribution in [2.45, 2.75) is 6.92 Å². The molecule has 1 aromatic carbocycles. The zero-order valence-electron chi connectivity index (χ0n) is 9.94. The molecule has 2 rings (SSSR count). The maximum atomic E-state index is 12.9. The number of nitrogens with one attached hydrogen (secondary N) is 1. The van der Waals surface area contributed by atoms with E-state index in [4.69, 9.17) is 16.3 Å². The summed E-state index contributed by atoms with van der Waals surface area (Å²) in [6.07, 6.45) is 0. The van der Waals surface area contributed by atoms with Crippen LogP contribution >= 0.6 is 22.9 Å². The van der Waals surface area contributed by atoms with Crippen LogP contribution in [0.15, 0.2) is 23.7 Å². The van der Waals surface area contributed by atoms with Gasteiger partial charge in [-0.05, 0) is 25.1 Å². The summed E-state index contributed by atoms with van der Waals surface area (Å²) in [7, 11) is 0. The van der Waals surface area contributed by atoms with Crippen LogP contribution in [0.4, 0.5) is 15.1 Å². The van der Waals surface area contributed by atoms with Crippen molar-refractivity contribution in [3.63, 3.8) is 0 Å². The van der Waals surface area contributed by atoms with Crippen LogP contribution in [-0.4, -0.2) is 17.6 Å². The van der Waals surface area contributed by atoms with Crippen LogP contribution in [0.1, 0.15) is 17.4 Å². The number of thiazole rings is 1. The molecule has 0 unspecified atom stereocenters. The van der Waals surface area contributed by atoms with Gasteiger partial charge in [-0.25, -0.2) is 14.2 Å². The van der Waals surface area contributed by atoms with Crippen molar-refractivity contribution in [1.82, 2.24) is 4.98 Å². The topological polar surface area (TPSA) is 51.2 Å². The number of carbonyl (C=O) groups excluding carboxylic acids is 1. The van der Waals surface area contributed by atoms with Crippen LogP contribution < -0.4 is 5.32 Å². The minimum Gasteiger partial charge on any atom is -0.461 e. The molecule has 100 valence electrons. The van der Waals surface area contributed by atoms with Crippen LogP contribution in [0.5, 0.6) is 0 Å². The number of carbonyl (C=O) groups is 1. The van der Waals surface area contributed by atoms with Crippen molar-refractivity contribution < 1.29 is 13.9 Å². The Morgan fingerprint density at radius 1 is 1.58 bits per heavy atom. The zero-order valence-corrected chi connectivity index (χ0v) is 11.5. The molecule has 0 aliphatic heterocycles. The average molecular weight is 301 g/mol. The molecule has 0 fully saturated rings. The fraction of sp³-hybridized carbons (Fsp3) is 0.167. The summed E-state index contributed by atoms with van der Waals surface area (Å²) >= 11 is 7.14. The van der Waals surface area contributed by atoms with E-state index in [0.717, 1.165) is 0 Å². The first-order valence-corrected chi connectivity index (χ1v) is 6.70. The van der Waals surface area contributed by atoms with Crippen molar-refractivity contribution in [3.05, 3.63) is 40.2 Å². The molecule has 0 saturated carbocycles. The lowest BCUT2D eigenvalue weighted by Crippen LogP contribution is -2.07. The Morgan fingerprint density at radius 2 is 2.37 bits per heavy atom. The van der Waals surface area contributed by atoms with Crippen molar-refractivity contribution in [2.24, 2.45) is 0 Å². The van der Waals surface area contributed by atoms with Gasteiger partial charge in [0.2, 0.25) is 0 Å². The molecule has 0 aliphatic carbocycles. The van der Waals surface area contributed by atoms with E-state index in [1.807, 2.05) is 0 Å².